The van der Waals surface area contributed by atoms with Crippen LogP contribution in [-0.4, -0.2) is 51.4 Å². The number of nitrogens with one attached hydrogen (secondary N) is 1. The highest BCUT2D eigenvalue weighted by atomic mass is 32.2. The number of ether oxygens (including phenoxy) is 2. The fourth-order valence-electron chi connectivity index (χ4n) is 3.13. The van der Waals surface area contributed by atoms with E-state index in [1.807, 2.05) is 44.2 Å². The van der Waals surface area contributed by atoms with E-state index < -0.39 is 28.5 Å². The Labute approximate surface area is 189 Å². The summed E-state index contributed by atoms with van der Waals surface area (Å²) in [5, 5.41) is 2.74. The van der Waals surface area contributed by atoms with Crippen LogP contribution in [0.4, 0.5) is 0 Å². The van der Waals surface area contributed by atoms with Crippen LogP contribution in [0.5, 0.6) is 5.75 Å². The lowest BCUT2D eigenvalue weighted by Crippen LogP contribution is -2.35. The van der Waals surface area contributed by atoms with Gasteiger partial charge in [0, 0.05) is 19.6 Å². The largest absolute Gasteiger partial charge is 0.495 e. The third-order valence-electron chi connectivity index (χ3n) is 4.80. The quantitative estimate of drug-likeness (QED) is 0.515. The number of esters is 1. The second kappa shape index (κ2) is 11.6. The summed E-state index contributed by atoms with van der Waals surface area (Å²) >= 11 is 0. The van der Waals surface area contributed by atoms with E-state index in [9.17, 15) is 18.0 Å². The Morgan fingerprint density at radius 1 is 1.12 bits per heavy atom. The predicted octanol–water partition coefficient (Wildman–Crippen LogP) is 2.98. The average Bonchev–Trinajstić information content (AvgIpc) is 2.77. The molecule has 2 aromatic carbocycles. The lowest BCUT2D eigenvalue weighted by molar-refractivity contribution is -0.124. The van der Waals surface area contributed by atoms with Crippen molar-refractivity contribution in [3.63, 3.8) is 0 Å². The fourth-order valence-corrected chi connectivity index (χ4v) is 4.47. The van der Waals surface area contributed by atoms with Crippen LogP contribution in [0.3, 0.4) is 0 Å². The summed E-state index contributed by atoms with van der Waals surface area (Å²) in [6, 6.07) is 13.1. The van der Waals surface area contributed by atoms with Gasteiger partial charge in [0.15, 0.2) is 6.61 Å². The highest BCUT2D eigenvalue weighted by Crippen LogP contribution is 2.28. The maximum Gasteiger partial charge on any atom is 0.338 e. The molecule has 0 bridgehead atoms. The lowest BCUT2D eigenvalue weighted by atomic mass is 10.2. The fraction of sp³-hybridized carbons (Fsp3) is 0.391. The summed E-state index contributed by atoms with van der Waals surface area (Å²) in [6.07, 6.45) is 1.74. The van der Waals surface area contributed by atoms with Crippen LogP contribution in [0.2, 0.25) is 0 Å². The van der Waals surface area contributed by atoms with Gasteiger partial charge in [-0.25, -0.2) is 13.2 Å². The molecule has 0 fully saturated rings. The maximum atomic E-state index is 13.2. The van der Waals surface area contributed by atoms with Crippen molar-refractivity contribution in [2.24, 2.45) is 0 Å². The SMILES string of the molecule is CCCC(C)NC(=O)COC(=O)c1ccc(OC)c(S(=O)(=O)N(C)Cc2ccccc2)c1. The smallest absolute Gasteiger partial charge is 0.338 e. The predicted molar refractivity (Wildman–Crippen MR) is 121 cm³/mol. The zero-order chi connectivity index (χ0) is 23.7. The van der Waals surface area contributed by atoms with Gasteiger partial charge in [-0.3, -0.25) is 4.79 Å². The highest BCUT2D eigenvalue weighted by Gasteiger charge is 2.27. The van der Waals surface area contributed by atoms with Crippen molar-refractivity contribution >= 4 is 21.9 Å². The molecule has 9 heteroatoms. The molecule has 1 N–H and O–H groups in total. The Morgan fingerprint density at radius 2 is 1.81 bits per heavy atom. The number of carbonyl (C=O) groups excluding carboxylic acids is 2. The van der Waals surface area contributed by atoms with E-state index >= 15 is 0 Å². The first-order chi connectivity index (χ1) is 15.2. The molecule has 0 aliphatic rings. The van der Waals surface area contributed by atoms with Crippen LogP contribution >= 0.6 is 0 Å². The molecule has 0 saturated carbocycles. The first kappa shape index (κ1) is 25.4. The number of methoxy groups -OCH3 is 1. The summed E-state index contributed by atoms with van der Waals surface area (Å²) in [6.45, 7) is 3.58. The zero-order valence-corrected chi connectivity index (χ0v) is 19.6. The van der Waals surface area contributed by atoms with Gasteiger partial charge in [0.25, 0.3) is 5.91 Å². The van der Waals surface area contributed by atoms with Gasteiger partial charge >= 0.3 is 5.97 Å². The Bertz CT molecular complexity index is 1020. The van der Waals surface area contributed by atoms with E-state index in [4.69, 9.17) is 9.47 Å². The number of amides is 1. The van der Waals surface area contributed by atoms with Gasteiger partial charge in [0.2, 0.25) is 10.0 Å². The average molecular weight is 463 g/mol. The second-order valence-electron chi connectivity index (χ2n) is 7.45. The van der Waals surface area contributed by atoms with Crippen molar-refractivity contribution < 1.29 is 27.5 Å². The number of benzene rings is 2. The third-order valence-corrected chi connectivity index (χ3v) is 6.62. The number of rotatable bonds is 11. The molecule has 0 aromatic heterocycles. The lowest BCUT2D eigenvalue weighted by Gasteiger charge is -2.19. The first-order valence-corrected chi connectivity index (χ1v) is 11.8. The van der Waals surface area contributed by atoms with Gasteiger partial charge in [-0.05, 0) is 37.1 Å². The zero-order valence-electron chi connectivity index (χ0n) is 18.8. The molecular weight excluding hydrogens is 432 g/mol. The van der Waals surface area contributed by atoms with E-state index in [-0.39, 0.29) is 28.8 Å². The molecule has 2 rings (SSSR count). The van der Waals surface area contributed by atoms with E-state index in [2.05, 4.69) is 5.32 Å². The minimum absolute atomic E-state index is 0.00638. The van der Waals surface area contributed by atoms with Crippen LogP contribution in [-0.2, 0) is 26.1 Å². The molecule has 0 spiro atoms. The number of sulfonamides is 1. The third kappa shape index (κ3) is 6.80. The summed E-state index contributed by atoms with van der Waals surface area (Å²) in [7, 11) is -1.16. The summed E-state index contributed by atoms with van der Waals surface area (Å²) in [5.74, 6) is -1.11. The molecule has 0 aliphatic heterocycles. The van der Waals surface area contributed by atoms with E-state index in [0.717, 1.165) is 18.4 Å². The van der Waals surface area contributed by atoms with Crippen molar-refractivity contribution in [1.29, 1.82) is 0 Å². The normalized spacial score (nSPS) is 12.3. The molecule has 1 amide bonds. The van der Waals surface area contributed by atoms with Gasteiger partial charge in [0.1, 0.15) is 10.6 Å². The minimum atomic E-state index is -3.97. The molecule has 0 aliphatic carbocycles. The minimum Gasteiger partial charge on any atom is -0.495 e. The Hall–Kier alpha value is -2.91. The van der Waals surface area contributed by atoms with Gasteiger partial charge in [-0.15, -0.1) is 0 Å². The van der Waals surface area contributed by atoms with Crippen molar-refractivity contribution in [1.82, 2.24) is 9.62 Å². The molecule has 8 nitrogen and oxygen atoms in total. The van der Waals surface area contributed by atoms with Gasteiger partial charge in [-0.2, -0.15) is 4.31 Å². The number of hydrogen-bond donors (Lipinski definition) is 1. The molecule has 0 radical (unpaired) electrons. The van der Waals surface area contributed by atoms with Crippen molar-refractivity contribution in [2.45, 2.75) is 44.2 Å². The van der Waals surface area contributed by atoms with Crippen LogP contribution in [0, 0.1) is 0 Å². The van der Waals surface area contributed by atoms with Crippen molar-refractivity contribution in [3.05, 3.63) is 59.7 Å². The summed E-state index contributed by atoms with van der Waals surface area (Å²) in [5.41, 5.74) is 0.823. The molecule has 0 saturated heterocycles. The highest BCUT2D eigenvalue weighted by molar-refractivity contribution is 7.89. The Balaban J connectivity index is 2.17. The second-order valence-corrected chi connectivity index (χ2v) is 9.46. The van der Waals surface area contributed by atoms with E-state index in [0.29, 0.717) is 0 Å². The first-order valence-electron chi connectivity index (χ1n) is 10.3. The van der Waals surface area contributed by atoms with Crippen LogP contribution in [0.25, 0.3) is 0 Å². The molecule has 174 valence electrons. The molecular formula is C23H30N2O6S. The standard InChI is InChI=1S/C23H30N2O6S/c1-5-9-17(2)24-22(26)16-31-23(27)19-12-13-20(30-4)21(14-19)32(28,29)25(3)15-18-10-7-6-8-11-18/h6-8,10-14,17H,5,9,15-16H2,1-4H3,(H,24,26). The van der Waals surface area contributed by atoms with Crippen LogP contribution < -0.4 is 10.1 Å². The van der Waals surface area contributed by atoms with Gasteiger partial charge in [0.05, 0.1) is 12.7 Å². The maximum absolute atomic E-state index is 13.2. The van der Waals surface area contributed by atoms with Crippen molar-refractivity contribution in [3.8, 4) is 5.75 Å². The van der Waals surface area contributed by atoms with Gasteiger partial charge in [-0.1, -0.05) is 43.7 Å². The Kier molecular flexibility index (Phi) is 9.22. The van der Waals surface area contributed by atoms with Crippen LogP contribution in [0.15, 0.2) is 53.4 Å². The van der Waals surface area contributed by atoms with E-state index in [1.54, 1.807) is 0 Å². The van der Waals surface area contributed by atoms with Gasteiger partial charge < -0.3 is 14.8 Å². The summed E-state index contributed by atoms with van der Waals surface area (Å²) in [4.78, 5) is 24.2. The number of hydrogen-bond acceptors (Lipinski definition) is 6. The monoisotopic (exact) mass is 462 g/mol. The molecule has 2 aromatic rings. The number of carbonyl (C=O) groups is 2. The topological polar surface area (TPSA) is 102 Å². The van der Waals surface area contributed by atoms with E-state index in [1.165, 1.54) is 36.7 Å². The molecule has 32 heavy (non-hydrogen) atoms. The van der Waals surface area contributed by atoms with Crippen LogP contribution in [0.1, 0.15) is 42.6 Å². The molecule has 0 heterocycles. The molecule has 1 unspecified atom stereocenters. The number of nitrogens with zero attached hydrogens (tertiary/aromatic N) is 1. The Morgan fingerprint density at radius 3 is 2.44 bits per heavy atom. The summed E-state index contributed by atoms with van der Waals surface area (Å²) < 4.78 is 37.8. The molecule has 1 atom stereocenters. The van der Waals surface area contributed by atoms with Crippen molar-refractivity contribution in [2.75, 3.05) is 20.8 Å².